The molecule has 1 atom stereocenters. The number of hydrogen-bond acceptors (Lipinski definition) is 3. The van der Waals surface area contributed by atoms with E-state index in [1.807, 2.05) is 4.90 Å². The summed E-state index contributed by atoms with van der Waals surface area (Å²) in [6.45, 7) is 14.8. The largest absolute Gasteiger partial charge is 0.379 e. The molecule has 0 saturated carbocycles. The van der Waals surface area contributed by atoms with Gasteiger partial charge in [-0.05, 0) is 12.3 Å². The van der Waals surface area contributed by atoms with E-state index >= 15 is 0 Å². The van der Waals surface area contributed by atoms with Gasteiger partial charge in [-0.1, -0.05) is 20.8 Å². The Morgan fingerprint density at radius 3 is 2.13 bits per heavy atom. The zero-order valence-electron chi connectivity index (χ0n) is 15.4. The van der Waals surface area contributed by atoms with Crippen molar-refractivity contribution in [3.63, 3.8) is 0 Å². The number of nitrogens with zero attached hydrogens (tertiary/aromatic N) is 3. The highest BCUT2D eigenvalue weighted by Gasteiger charge is 2.25. The number of carbonyl (C=O) groups is 1. The van der Waals surface area contributed by atoms with Gasteiger partial charge in [0.15, 0.2) is 5.96 Å². The van der Waals surface area contributed by atoms with Gasteiger partial charge in [0.2, 0.25) is 5.91 Å². The van der Waals surface area contributed by atoms with Gasteiger partial charge in [-0.15, -0.1) is 24.0 Å². The van der Waals surface area contributed by atoms with Crippen molar-refractivity contribution in [2.45, 2.75) is 40.7 Å². The van der Waals surface area contributed by atoms with E-state index in [1.165, 1.54) is 0 Å². The molecule has 7 heteroatoms. The lowest BCUT2D eigenvalue weighted by molar-refractivity contribution is -0.130. The van der Waals surface area contributed by atoms with E-state index in [0.717, 1.165) is 38.7 Å². The van der Waals surface area contributed by atoms with Gasteiger partial charge in [0, 0.05) is 46.8 Å². The van der Waals surface area contributed by atoms with Crippen molar-refractivity contribution in [1.29, 1.82) is 0 Å². The minimum atomic E-state index is 0. The van der Waals surface area contributed by atoms with Crippen LogP contribution in [0.2, 0.25) is 0 Å². The van der Waals surface area contributed by atoms with Crippen molar-refractivity contribution in [3.05, 3.63) is 0 Å². The summed E-state index contributed by atoms with van der Waals surface area (Å²) in [5, 5.41) is 3.34. The van der Waals surface area contributed by atoms with Crippen molar-refractivity contribution < 1.29 is 9.53 Å². The summed E-state index contributed by atoms with van der Waals surface area (Å²) in [5.41, 5.74) is 0.0584. The molecule has 0 aromatic carbocycles. The first-order valence-electron chi connectivity index (χ1n) is 8.11. The fourth-order valence-electron chi connectivity index (χ4n) is 2.53. The van der Waals surface area contributed by atoms with Crippen molar-refractivity contribution in [2.24, 2.45) is 10.4 Å². The number of carbonyl (C=O) groups excluding carboxylic acids is 1. The normalized spacial score (nSPS) is 17.6. The molecule has 23 heavy (non-hydrogen) atoms. The molecule has 1 aliphatic heterocycles. The van der Waals surface area contributed by atoms with Crippen LogP contribution in [0.4, 0.5) is 0 Å². The Hall–Kier alpha value is -0.570. The van der Waals surface area contributed by atoms with Crippen molar-refractivity contribution in [1.82, 2.24) is 15.1 Å². The van der Waals surface area contributed by atoms with E-state index < -0.39 is 0 Å². The summed E-state index contributed by atoms with van der Waals surface area (Å²) in [7, 11) is 1.74. The molecule has 1 rings (SSSR count). The van der Waals surface area contributed by atoms with Crippen LogP contribution in [0.1, 0.15) is 34.6 Å². The van der Waals surface area contributed by atoms with E-state index in [9.17, 15) is 4.79 Å². The summed E-state index contributed by atoms with van der Waals surface area (Å²) in [4.78, 5) is 20.3. The number of guanidine groups is 1. The minimum Gasteiger partial charge on any atom is -0.379 e. The molecule has 0 bridgehead atoms. The molecular weight excluding hydrogens is 407 g/mol. The average Bonchev–Trinajstić information content (AvgIpc) is 2.45. The maximum absolute atomic E-state index is 11.4. The molecule has 0 spiro atoms. The number of amides is 1. The average molecular weight is 440 g/mol. The van der Waals surface area contributed by atoms with Crippen molar-refractivity contribution in [3.8, 4) is 0 Å². The molecule has 1 aliphatic rings. The van der Waals surface area contributed by atoms with Gasteiger partial charge in [0.1, 0.15) is 0 Å². The Morgan fingerprint density at radius 1 is 1.22 bits per heavy atom. The van der Waals surface area contributed by atoms with Gasteiger partial charge in [-0.2, -0.15) is 0 Å². The second-order valence-corrected chi connectivity index (χ2v) is 6.78. The summed E-state index contributed by atoms with van der Waals surface area (Å²) in [5.74, 6) is 1.06. The number of methoxy groups -OCH3 is 1. The lowest BCUT2D eigenvalue weighted by Gasteiger charge is -2.36. The molecule has 6 nitrogen and oxygen atoms in total. The number of hydrogen-bond donors (Lipinski definition) is 1. The molecule has 0 aromatic heterocycles. The molecule has 0 radical (unpaired) electrons. The Labute approximate surface area is 158 Å². The minimum absolute atomic E-state index is 0. The Kier molecular flexibility index (Phi) is 10.1. The smallest absolute Gasteiger partial charge is 0.219 e. The predicted molar refractivity (Wildman–Crippen MR) is 105 cm³/mol. The van der Waals surface area contributed by atoms with Crippen LogP contribution in [0.3, 0.4) is 0 Å². The lowest BCUT2D eigenvalue weighted by atomic mass is 9.89. The number of rotatable bonds is 4. The molecule has 1 heterocycles. The van der Waals surface area contributed by atoms with Crippen LogP contribution in [-0.2, 0) is 9.53 Å². The molecule has 1 N–H and O–H groups in total. The van der Waals surface area contributed by atoms with Crippen LogP contribution in [-0.4, -0.2) is 74.1 Å². The first kappa shape index (κ1) is 22.4. The van der Waals surface area contributed by atoms with Gasteiger partial charge < -0.3 is 19.9 Å². The first-order valence-corrected chi connectivity index (χ1v) is 8.11. The quantitative estimate of drug-likeness (QED) is 0.412. The van der Waals surface area contributed by atoms with Gasteiger partial charge in [0.25, 0.3) is 0 Å². The zero-order valence-corrected chi connectivity index (χ0v) is 17.7. The van der Waals surface area contributed by atoms with Gasteiger partial charge in [-0.3, -0.25) is 9.79 Å². The van der Waals surface area contributed by atoms with E-state index in [1.54, 1.807) is 14.0 Å². The SMILES string of the molecule is CCNC(=NCC(OC)C(C)(C)C)N1CCN(C(C)=O)CC1.I. The molecule has 0 aromatic rings. The Balaban J connectivity index is 0.00000484. The van der Waals surface area contributed by atoms with E-state index in [0.29, 0.717) is 6.54 Å². The van der Waals surface area contributed by atoms with Crippen LogP contribution in [0.5, 0.6) is 0 Å². The molecular formula is C16H33IN4O2. The summed E-state index contributed by atoms with van der Waals surface area (Å²) >= 11 is 0. The molecule has 1 unspecified atom stereocenters. The summed E-state index contributed by atoms with van der Waals surface area (Å²) < 4.78 is 5.57. The highest BCUT2D eigenvalue weighted by Crippen LogP contribution is 2.22. The lowest BCUT2D eigenvalue weighted by Crippen LogP contribution is -2.53. The molecule has 1 fully saturated rings. The Morgan fingerprint density at radius 2 is 1.74 bits per heavy atom. The highest BCUT2D eigenvalue weighted by atomic mass is 127. The topological polar surface area (TPSA) is 57.2 Å². The van der Waals surface area contributed by atoms with E-state index in [-0.39, 0.29) is 41.4 Å². The number of halogens is 1. The number of piperazine rings is 1. The predicted octanol–water partition coefficient (Wildman–Crippen LogP) is 1.80. The highest BCUT2D eigenvalue weighted by molar-refractivity contribution is 14.0. The standard InChI is InChI=1S/C16H32N4O2.HI/c1-7-17-15(18-12-14(22-6)16(3,4)5)20-10-8-19(9-11-20)13(2)21;/h14H,7-12H2,1-6H3,(H,17,18);1H. The second-order valence-electron chi connectivity index (χ2n) is 6.78. The fourth-order valence-corrected chi connectivity index (χ4v) is 2.53. The van der Waals surface area contributed by atoms with Gasteiger partial charge in [-0.25, -0.2) is 0 Å². The van der Waals surface area contributed by atoms with E-state index in [4.69, 9.17) is 9.73 Å². The van der Waals surface area contributed by atoms with Crippen molar-refractivity contribution in [2.75, 3.05) is 46.4 Å². The van der Waals surface area contributed by atoms with Crippen LogP contribution in [0, 0.1) is 5.41 Å². The van der Waals surface area contributed by atoms with Crippen LogP contribution in [0.25, 0.3) is 0 Å². The van der Waals surface area contributed by atoms with Crippen LogP contribution in [0.15, 0.2) is 4.99 Å². The van der Waals surface area contributed by atoms with E-state index in [2.05, 4.69) is 37.9 Å². The number of ether oxygens (including phenoxy) is 1. The molecule has 0 aliphatic carbocycles. The Bertz CT molecular complexity index is 388. The molecule has 136 valence electrons. The number of aliphatic imine (C=N–C) groups is 1. The molecule has 1 amide bonds. The zero-order chi connectivity index (χ0) is 16.8. The van der Waals surface area contributed by atoms with Gasteiger partial charge >= 0.3 is 0 Å². The van der Waals surface area contributed by atoms with Crippen LogP contribution < -0.4 is 5.32 Å². The fraction of sp³-hybridized carbons (Fsp3) is 0.875. The monoisotopic (exact) mass is 440 g/mol. The third-order valence-electron chi connectivity index (χ3n) is 4.02. The van der Waals surface area contributed by atoms with Gasteiger partial charge in [0.05, 0.1) is 12.6 Å². The third-order valence-corrected chi connectivity index (χ3v) is 4.02. The maximum Gasteiger partial charge on any atom is 0.219 e. The summed E-state index contributed by atoms with van der Waals surface area (Å²) in [6, 6.07) is 0. The second kappa shape index (κ2) is 10.3. The maximum atomic E-state index is 11.4. The van der Waals surface area contributed by atoms with Crippen LogP contribution >= 0.6 is 24.0 Å². The summed E-state index contributed by atoms with van der Waals surface area (Å²) in [6.07, 6.45) is 0.0830. The third kappa shape index (κ3) is 7.24. The van der Waals surface area contributed by atoms with Crippen molar-refractivity contribution >= 4 is 35.8 Å². The number of nitrogens with one attached hydrogen (secondary N) is 1. The first-order chi connectivity index (χ1) is 10.3. The molecule has 1 saturated heterocycles.